The molecule has 3 nitrogen and oxygen atoms in total. The van der Waals surface area contributed by atoms with Crippen LogP contribution in [-0.4, -0.2) is 23.5 Å². The molecular weight excluding hydrogens is 401 g/mol. The second-order valence-corrected chi connectivity index (χ2v) is 10.3. The zero-order valence-electron chi connectivity index (χ0n) is 19.2. The summed E-state index contributed by atoms with van der Waals surface area (Å²) < 4.78 is 14.8. The number of hydrogen-bond donors (Lipinski definition) is 2. The molecule has 0 aromatic heterocycles. The van der Waals surface area contributed by atoms with Crippen LogP contribution in [0.5, 0.6) is 0 Å². The van der Waals surface area contributed by atoms with Gasteiger partial charge in [0, 0.05) is 24.8 Å². The highest BCUT2D eigenvalue weighted by Crippen LogP contribution is 2.66. The van der Waals surface area contributed by atoms with Gasteiger partial charge in [0.05, 0.1) is 5.69 Å². The molecule has 0 aliphatic heterocycles. The highest BCUT2D eigenvalue weighted by Gasteiger charge is 2.62. The maximum absolute atomic E-state index is 14.8. The lowest BCUT2D eigenvalue weighted by atomic mass is 9.51. The molecule has 5 atom stereocenters. The number of benzene rings is 1. The number of fused-ring (bicyclic) bond motifs is 4. The number of anilines is 1. The molecular formula is C28H32FNO2. The molecule has 0 radical (unpaired) electrons. The third kappa shape index (κ3) is 3.01. The van der Waals surface area contributed by atoms with E-state index in [1.165, 1.54) is 16.7 Å². The van der Waals surface area contributed by atoms with Crippen molar-refractivity contribution < 1.29 is 14.3 Å². The Balaban J connectivity index is 1.70. The topological polar surface area (TPSA) is 49.3 Å². The molecule has 4 aliphatic carbocycles. The van der Waals surface area contributed by atoms with Crippen LogP contribution >= 0.6 is 0 Å². The van der Waals surface area contributed by atoms with Gasteiger partial charge in [-0.2, -0.15) is 0 Å². The van der Waals surface area contributed by atoms with Crippen molar-refractivity contribution in [3.05, 3.63) is 52.4 Å². The number of nitrogens with one attached hydrogen (secondary N) is 1. The van der Waals surface area contributed by atoms with Crippen LogP contribution in [0.4, 0.5) is 10.1 Å². The van der Waals surface area contributed by atoms with Gasteiger partial charge in [-0.1, -0.05) is 24.5 Å². The van der Waals surface area contributed by atoms with Gasteiger partial charge in [-0.15, -0.1) is 5.92 Å². The summed E-state index contributed by atoms with van der Waals surface area (Å²) in [6.45, 7) is 4.00. The van der Waals surface area contributed by atoms with Gasteiger partial charge >= 0.3 is 0 Å². The summed E-state index contributed by atoms with van der Waals surface area (Å²) in [7, 11) is 1.73. The Kier molecular flexibility index (Phi) is 5.09. The van der Waals surface area contributed by atoms with Gasteiger partial charge in [0.1, 0.15) is 11.4 Å². The van der Waals surface area contributed by atoms with E-state index >= 15 is 0 Å². The number of carbonyl (C=O) groups excluding carboxylic acids is 1. The summed E-state index contributed by atoms with van der Waals surface area (Å²) in [6.07, 6.45) is 7.49. The number of aliphatic hydroxyl groups is 1. The summed E-state index contributed by atoms with van der Waals surface area (Å²) in [5, 5.41) is 14.6. The first kappa shape index (κ1) is 21.5. The molecule has 4 aliphatic rings. The summed E-state index contributed by atoms with van der Waals surface area (Å²) in [4.78, 5) is 12.1. The van der Waals surface area contributed by atoms with Crippen molar-refractivity contribution in [3.8, 4) is 11.8 Å². The minimum Gasteiger partial charge on any atom is -0.386 e. The molecule has 2 fully saturated rings. The van der Waals surface area contributed by atoms with Gasteiger partial charge in [-0.05, 0) is 92.2 Å². The fourth-order valence-electron chi connectivity index (χ4n) is 7.33. The Labute approximate surface area is 190 Å². The summed E-state index contributed by atoms with van der Waals surface area (Å²) >= 11 is 0. The van der Waals surface area contributed by atoms with Crippen LogP contribution in [0, 0.1) is 34.9 Å². The van der Waals surface area contributed by atoms with Crippen LogP contribution in [0.25, 0.3) is 0 Å². The average Bonchev–Trinajstić information content (AvgIpc) is 3.03. The Hall–Kier alpha value is -2.38. The molecule has 0 unspecified atom stereocenters. The summed E-state index contributed by atoms with van der Waals surface area (Å²) in [5.74, 6) is 6.85. The van der Waals surface area contributed by atoms with E-state index < -0.39 is 5.60 Å². The zero-order chi connectivity index (χ0) is 22.7. The Morgan fingerprint density at radius 2 is 2.03 bits per heavy atom. The van der Waals surface area contributed by atoms with E-state index in [-0.39, 0.29) is 22.9 Å². The third-order valence-corrected chi connectivity index (χ3v) is 8.88. The Morgan fingerprint density at radius 1 is 1.22 bits per heavy atom. The molecule has 2 saturated carbocycles. The first-order chi connectivity index (χ1) is 15.3. The predicted octanol–water partition coefficient (Wildman–Crippen LogP) is 5.52. The van der Waals surface area contributed by atoms with Gasteiger partial charge in [-0.25, -0.2) is 4.39 Å². The molecule has 0 amide bonds. The molecule has 0 heterocycles. The SMILES string of the molecule is CC#C[C@@]1(O)CC[C@H]2[C@@H]3CCC4=CC(=O)CCC4=C3[C@@H](c3ccc(NC)c(F)c3)C[C@@]21C. The van der Waals surface area contributed by atoms with Crippen molar-refractivity contribution in [2.45, 2.75) is 70.3 Å². The largest absolute Gasteiger partial charge is 0.386 e. The van der Waals surface area contributed by atoms with Gasteiger partial charge in [0.25, 0.3) is 0 Å². The van der Waals surface area contributed by atoms with Crippen molar-refractivity contribution in [2.24, 2.45) is 17.3 Å². The quantitative estimate of drug-likeness (QED) is 0.604. The molecule has 5 rings (SSSR count). The van der Waals surface area contributed by atoms with Gasteiger partial charge in [0.15, 0.2) is 5.78 Å². The molecule has 168 valence electrons. The van der Waals surface area contributed by atoms with Crippen molar-refractivity contribution >= 4 is 11.5 Å². The van der Waals surface area contributed by atoms with E-state index in [1.807, 2.05) is 18.2 Å². The van der Waals surface area contributed by atoms with Crippen LogP contribution in [-0.2, 0) is 4.79 Å². The Bertz CT molecular complexity index is 1110. The number of halogens is 1. The molecule has 0 bridgehead atoms. The van der Waals surface area contributed by atoms with Gasteiger partial charge in [-0.3, -0.25) is 4.79 Å². The number of allylic oxidation sites excluding steroid dienone is 4. The molecule has 1 aromatic rings. The highest BCUT2D eigenvalue weighted by molar-refractivity contribution is 5.93. The molecule has 0 saturated heterocycles. The second-order valence-electron chi connectivity index (χ2n) is 10.3. The first-order valence-corrected chi connectivity index (χ1v) is 11.9. The fourth-order valence-corrected chi connectivity index (χ4v) is 7.33. The van der Waals surface area contributed by atoms with E-state index in [9.17, 15) is 14.3 Å². The normalized spacial score (nSPS) is 35.8. The van der Waals surface area contributed by atoms with Crippen molar-refractivity contribution in [2.75, 3.05) is 12.4 Å². The molecule has 4 heteroatoms. The van der Waals surface area contributed by atoms with Gasteiger partial charge in [0.2, 0.25) is 0 Å². The smallest absolute Gasteiger partial charge is 0.156 e. The minimum absolute atomic E-state index is 0.0249. The maximum Gasteiger partial charge on any atom is 0.156 e. The van der Waals surface area contributed by atoms with E-state index in [2.05, 4.69) is 24.1 Å². The van der Waals surface area contributed by atoms with Gasteiger partial charge < -0.3 is 10.4 Å². The number of hydrogen-bond acceptors (Lipinski definition) is 3. The van der Waals surface area contributed by atoms with Crippen molar-refractivity contribution in [1.29, 1.82) is 0 Å². The van der Waals surface area contributed by atoms with Crippen LogP contribution in [0.2, 0.25) is 0 Å². The van der Waals surface area contributed by atoms with E-state index in [0.29, 0.717) is 30.4 Å². The minimum atomic E-state index is -1.01. The lowest BCUT2D eigenvalue weighted by Gasteiger charge is -2.53. The van der Waals surface area contributed by atoms with Crippen LogP contribution in [0.15, 0.2) is 41.0 Å². The standard InChI is InChI=1S/C28H32FNO2/c1-4-12-28(32)13-11-23-21-8-5-17-14-19(31)7-9-20(17)26(21)22(16-27(23,28)2)18-6-10-25(30-3)24(29)15-18/h6,10,14-15,21-23,30,32H,5,7-9,11,13,16H2,1-3H3/t21-,22+,23-,27-,28+/m0/s1. The summed E-state index contributed by atoms with van der Waals surface area (Å²) in [5.41, 5.74) is 4.03. The fraction of sp³-hybridized carbons (Fsp3) is 0.536. The highest BCUT2D eigenvalue weighted by atomic mass is 19.1. The predicted molar refractivity (Wildman–Crippen MR) is 125 cm³/mol. The maximum atomic E-state index is 14.8. The van der Waals surface area contributed by atoms with Crippen molar-refractivity contribution in [3.63, 3.8) is 0 Å². The molecule has 0 spiro atoms. The van der Waals surface area contributed by atoms with E-state index in [1.54, 1.807) is 20.0 Å². The molecule has 1 aromatic carbocycles. The lowest BCUT2D eigenvalue weighted by Crippen LogP contribution is -2.51. The zero-order valence-corrected chi connectivity index (χ0v) is 19.2. The Morgan fingerprint density at radius 3 is 2.75 bits per heavy atom. The average molecular weight is 434 g/mol. The first-order valence-electron chi connectivity index (χ1n) is 11.9. The number of rotatable bonds is 2. The monoisotopic (exact) mass is 433 g/mol. The van der Waals surface area contributed by atoms with Crippen LogP contribution < -0.4 is 5.32 Å². The van der Waals surface area contributed by atoms with Crippen LogP contribution in [0.1, 0.15) is 70.3 Å². The van der Waals surface area contributed by atoms with E-state index in [0.717, 1.165) is 37.7 Å². The second kappa shape index (κ2) is 7.59. The third-order valence-electron chi connectivity index (χ3n) is 8.88. The molecule has 32 heavy (non-hydrogen) atoms. The van der Waals surface area contributed by atoms with E-state index in [4.69, 9.17) is 0 Å². The number of ketones is 1. The molecule has 2 N–H and O–H groups in total. The summed E-state index contributed by atoms with van der Waals surface area (Å²) in [6, 6.07) is 5.51. The van der Waals surface area contributed by atoms with Crippen LogP contribution in [0.3, 0.4) is 0 Å². The number of carbonyl (C=O) groups is 1. The van der Waals surface area contributed by atoms with Crippen molar-refractivity contribution in [1.82, 2.24) is 0 Å². The lowest BCUT2D eigenvalue weighted by molar-refractivity contribution is -0.114.